The Kier molecular flexibility index (Phi) is 3.44. The van der Waals surface area contributed by atoms with Gasteiger partial charge in [0.2, 0.25) is 0 Å². The predicted molar refractivity (Wildman–Crippen MR) is 36.7 cm³/mol. The largest absolute Gasteiger partial charge is 0.207 e. The van der Waals surface area contributed by atoms with E-state index in [1.807, 2.05) is 0 Å². The minimum Gasteiger partial charge on any atom is -0.207 e. The molecule has 0 bridgehead atoms. The van der Waals surface area contributed by atoms with Gasteiger partial charge in [-0.2, -0.15) is 0 Å². The van der Waals surface area contributed by atoms with Crippen LogP contribution < -0.4 is 0 Å². The highest BCUT2D eigenvalue weighted by molar-refractivity contribution is 8.93. The number of hydrogen-bond acceptors (Lipinski definition) is 0. The van der Waals surface area contributed by atoms with Crippen LogP contribution in [0.2, 0.25) is 0 Å². The minimum absolute atomic E-state index is 0. The van der Waals surface area contributed by atoms with Gasteiger partial charge in [0.15, 0.2) is 0 Å². The van der Waals surface area contributed by atoms with Gasteiger partial charge < -0.3 is 0 Å². The van der Waals surface area contributed by atoms with Crippen molar-refractivity contribution < 1.29 is 4.39 Å². The summed E-state index contributed by atoms with van der Waals surface area (Å²) in [6.45, 7) is 0. The summed E-state index contributed by atoms with van der Waals surface area (Å²) in [5.74, 6) is -0.178. The standard InChI is InChI=1S/C6H5F.BrH/c7-6-4-2-1-3-5-6;/h1-5H;1H. The molecule has 0 saturated heterocycles. The molecule has 1 rings (SSSR count). The Balaban J connectivity index is 0.000000490. The van der Waals surface area contributed by atoms with E-state index in [-0.39, 0.29) is 22.8 Å². The molecule has 0 N–H and O–H groups in total. The molecule has 2 heteroatoms. The summed E-state index contributed by atoms with van der Waals surface area (Å²) in [6, 6.07) is 7.94. The molecule has 0 aromatic heterocycles. The van der Waals surface area contributed by atoms with Crippen molar-refractivity contribution in [1.29, 1.82) is 0 Å². The van der Waals surface area contributed by atoms with Gasteiger partial charge in [0.1, 0.15) is 5.82 Å². The second-order valence-electron chi connectivity index (χ2n) is 1.30. The average molecular weight is 177 g/mol. The first-order valence-corrected chi connectivity index (χ1v) is 2.10. The number of rotatable bonds is 0. The van der Waals surface area contributed by atoms with Crippen molar-refractivity contribution in [2.75, 3.05) is 0 Å². The highest BCUT2D eigenvalue weighted by Gasteiger charge is 1.77. The van der Waals surface area contributed by atoms with E-state index in [0.29, 0.717) is 0 Å². The van der Waals surface area contributed by atoms with Crippen LogP contribution in [0.5, 0.6) is 0 Å². The van der Waals surface area contributed by atoms with Crippen LogP contribution in [0.25, 0.3) is 0 Å². The summed E-state index contributed by atoms with van der Waals surface area (Å²) in [7, 11) is 0. The van der Waals surface area contributed by atoms with Crippen molar-refractivity contribution in [2.24, 2.45) is 0 Å². The maximum atomic E-state index is 11.9. The van der Waals surface area contributed by atoms with Crippen LogP contribution >= 0.6 is 17.0 Å². The SMILES string of the molecule is Br.Fc1ccccc1. The highest BCUT2D eigenvalue weighted by Crippen LogP contribution is 1.91. The van der Waals surface area contributed by atoms with Crippen molar-refractivity contribution in [3.63, 3.8) is 0 Å². The molecule has 0 heterocycles. The fourth-order valence-electron chi connectivity index (χ4n) is 0.415. The third-order valence-corrected chi connectivity index (χ3v) is 0.733. The Hall–Kier alpha value is -0.370. The summed E-state index contributed by atoms with van der Waals surface area (Å²) >= 11 is 0. The maximum absolute atomic E-state index is 11.9. The van der Waals surface area contributed by atoms with E-state index in [1.54, 1.807) is 18.2 Å². The lowest BCUT2D eigenvalue weighted by Crippen LogP contribution is -1.63. The van der Waals surface area contributed by atoms with Crippen LogP contribution in [0.4, 0.5) is 4.39 Å². The van der Waals surface area contributed by atoms with Gasteiger partial charge in [0.25, 0.3) is 0 Å². The molecule has 0 nitrogen and oxygen atoms in total. The van der Waals surface area contributed by atoms with E-state index in [9.17, 15) is 4.39 Å². The molecule has 8 heavy (non-hydrogen) atoms. The van der Waals surface area contributed by atoms with Gasteiger partial charge in [-0.15, -0.1) is 17.0 Å². The topological polar surface area (TPSA) is 0 Å². The molecule has 0 fully saturated rings. The first kappa shape index (κ1) is 7.63. The van der Waals surface area contributed by atoms with Crippen LogP contribution in [0, 0.1) is 5.82 Å². The van der Waals surface area contributed by atoms with Gasteiger partial charge in [-0.1, -0.05) is 18.2 Å². The molecule has 0 aliphatic heterocycles. The zero-order valence-electron chi connectivity index (χ0n) is 4.17. The Morgan fingerprint density at radius 3 is 1.75 bits per heavy atom. The second-order valence-corrected chi connectivity index (χ2v) is 1.30. The molecule has 0 atom stereocenters. The van der Waals surface area contributed by atoms with Crippen molar-refractivity contribution in [2.45, 2.75) is 0 Å². The van der Waals surface area contributed by atoms with Gasteiger partial charge in [0, 0.05) is 0 Å². The molecule has 0 unspecified atom stereocenters. The average Bonchev–Trinajstić information content (AvgIpc) is 1.69. The van der Waals surface area contributed by atoms with Crippen molar-refractivity contribution in [3.05, 3.63) is 36.1 Å². The van der Waals surface area contributed by atoms with Gasteiger partial charge in [-0.3, -0.25) is 0 Å². The summed E-state index contributed by atoms with van der Waals surface area (Å²) < 4.78 is 11.9. The van der Waals surface area contributed by atoms with Crippen LogP contribution in [0.3, 0.4) is 0 Å². The van der Waals surface area contributed by atoms with Crippen molar-refractivity contribution >= 4 is 17.0 Å². The lowest BCUT2D eigenvalue weighted by Gasteiger charge is -1.78. The van der Waals surface area contributed by atoms with Crippen molar-refractivity contribution in [1.82, 2.24) is 0 Å². The molecule has 0 amide bonds. The van der Waals surface area contributed by atoms with Crippen molar-refractivity contribution in [3.8, 4) is 0 Å². The molecular formula is C6H6BrF. The summed E-state index contributed by atoms with van der Waals surface area (Å²) in [5, 5.41) is 0. The summed E-state index contributed by atoms with van der Waals surface area (Å²) in [5.41, 5.74) is 0. The molecule has 0 spiro atoms. The Bertz CT molecular complexity index is 138. The molecule has 0 aliphatic rings. The summed E-state index contributed by atoms with van der Waals surface area (Å²) in [4.78, 5) is 0. The van der Waals surface area contributed by atoms with Gasteiger partial charge >= 0.3 is 0 Å². The molecule has 0 saturated carbocycles. The van der Waals surface area contributed by atoms with E-state index >= 15 is 0 Å². The van der Waals surface area contributed by atoms with Crippen LogP contribution in [-0.2, 0) is 0 Å². The highest BCUT2D eigenvalue weighted by atomic mass is 79.9. The molecule has 1 aromatic rings. The van der Waals surface area contributed by atoms with Gasteiger partial charge in [-0.25, -0.2) is 4.39 Å². The van der Waals surface area contributed by atoms with E-state index in [4.69, 9.17) is 0 Å². The van der Waals surface area contributed by atoms with E-state index < -0.39 is 0 Å². The smallest absolute Gasteiger partial charge is 0.123 e. The fourth-order valence-corrected chi connectivity index (χ4v) is 0.415. The van der Waals surface area contributed by atoms with Crippen LogP contribution in [0.15, 0.2) is 30.3 Å². The Labute approximate surface area is 58.1 Å². The lowest BCUT2D eigenvalue weighted by molar-refractivity contribution is 0.628. The third-order valence-electron chi connectivity index (χ3n) is 0.733. The molecule has 1 aromatic carbocycles. The molecule has 0 radical (unpaired) electrons. The van der Waals surface area contributed by atoms with Crippen LogP contribution in [0.1, 0.15) is 0 Å². The minimum atomic E-state index is -0.178. The monoisotopic (exact) mass is 176 g/mol. The van der Waals surface area contributed by atoms with Crippen LogP contribution in [-0.4, -0.2) is 0 Å². The quantitative estimate of drug-likeness (QED) is 0.570. The number of hydrogen-bond donors (Lipinski definition) is 0. The summed E-state index contributed by atoms with van der Waals surface area (Å²) in [6.07, 6.45) is 0. The Morgan fingerprint density at radius 1 is 1.00 bits per heavy atom. The molecular weight excluding hydrogens is 171 g/mol. The maximum Gasteiger partial charge on any atom is 0.123 e. The van der Waals surface area contributed by atoms with E-state index in [0.717, 1.165) is 0 Å². The Morgan fingerprint density at radius 2 is 1.50 bits per heavy atom. The first-order chi connectivity index (χ1) is 3.39. The molecule has 0 aliphatic carbocycles. The number of halogens is 2. The second kappa shape index (κ2) is 3.61. The normalized spacial score (nSPS) is 7.62. The predicted octanol–water partition coefficient (Wildman–Crippen LogP) is 2.40. The number of benzene rings is 1. The van der Waals surface area contributed by atoms with Gasteiger partial charge in [-0.05, 0) is 12.1 Å². The van der Waals surface area contributed by atoms with E-state index in [2.05, 4.69) is 0 Å². The molecule has 44 valence electrons. The lowest BCUT2D eigenvalue weighted by atomic mass is 10.4. The zero-order chi connectivity index (χ0) is 5.11. The zero-order valence-corrected chi connectivity index (χ0v) is 5.89. The third kappa shape index (κ3) is 2.07. The fraction of sp³-hybridized carbons (Fsp3) is 0. The van der Waals surface area contributed by atoms with E-state index in [1.165, 1.54) is 12.1 Å². The van der Waals surface area contributed by atoms with Gasteiger partial charge in [0.05, 0.1) is 0 Å². The first-order valence-electron chi connectivity index (χ1n) is 2.10.